The molecule has 4 nitrogen and oxygen atoms in total. The van der Waals surface area contributed by atoms with Gasteiger partial charge in [0, 0.05) is 13.2 Å². The van der Waals surface area contributed by atoms with Crippen LogP contribution < -0.4 is 0 Å². The number of rotatable bonds is 11. The first-order valence-electron chi connectivity index (χ1n) is 6.90. The molecule has 2 unspecified atom stereocenters. The number of aliphatic hydroxyl groups excluding tert-OH is 3. The van der Waals surface area contributed by atoms with E-state index in [-0.39, 0.29) is 23.6 Å². The second-order valence-corrected chi connectivity index (χ2v) is 4.56. The van der Waals surface area contributed by atoms with Crippen molar-refractivity contribution in [2.24, 2.45) is 0 Å². The summed E-state index contributed by atoms with van der Waals surface area (Å²) >= 11 is 0. The van der Waals surface area contributed by atoms with Gasteiger partial charge in [0.05, 0.1) is 0 Å². The van der Waals surface area contributed by atoms with E-state index in [2.05, 4.69) is 13.8 Å². The van der Waals surface area contributed by atoms with Gasteiger partial charge in [0.15, 0.2) is 0 Å². The minimum absolute atomic E-state index is 0. The molecular weight excluding hydrogens is 298 g/mol. The van der Waals surface area contributed by atoms with E-state index in [0.29, 0.717) is 25.8 Å². The van der Waals surface area contributed by atoms with Crippen LogP contribution in [-0.4, -0.2) is 45.8 Å². The Labute approximate surface area is 122 Å². The normalized spacial score (nSPS) is 14.3. The molecule has 0 aliphatic carbocycles. The Morgan fingerprint density at radius 2 is 1.33 bits per heavy atom. The van der Waals surface area contributed by atoms with Crippen molar-refractivity contribution >= 4 is 17.0 Å². The molecule has 0 aromatic heterocycles. The molecule has 0 bridgehead atoms. The fraction of sp³-hybridized carbons (Fsp3) is 1.00. The fourth-order valence-corrected chi connectivity index (χ4v) is 1.86. The molecule has 2 atom stereocenters. The lowest BCUT2D eigenvalue weighted by atomic mass is 10.1. The average molecular weight is 328 g/mol. The Bertz CT molecular complexity index is 158. The third-order valence-electron chi connectivity index (χ3n) is 2.97. The number of unbranched alkanes of at least 4 members (excludes halogenated alkanes) is 2. The topological polar surface area (TPSA) is 63.9 Å². The first-order chi connectivity index (χ1) is 8.17. The van der Waals surface area contributed by atoms with E-state index in [1.165, 1.54) is 0 Å². The minimum atomic E-state index is -0.589. The number of hydrogen-bond acceptors (Lipinski definition) is 4. The van der Waals surface area contributed by atoms with Crippen LogP contribution in [0.1, 0.15) is 58.8 Å². The standard InChI is InChI=1S/C13H29NO3.BrH/c1-3-5-8-12(16)14(10-7-11-15)13(17)9-6-4-2;/h12-13,15-17H,3-11H2,1-2H3;1H. The molecule has 0 aliphatic heterocycles. The Morgan fingerprint density at radius 3 is 1.67 bits per heavy atom. The third-order valence-corrected chi connectivity index (χ3v) is 2.97. The maximum Gasteiger partial charge on any atom is 0.109 e. The Morgan fingerprint density at radius 1 is 0.889 bits per heavy atom. The molecular formula is C13H30BrNO3. The molecule has 0 fully saturated rings. The summed E-state index contributed by atoms with van der Waals surface area (Å²) in [5, 5.41) is 28.9. The van der Waals surface area contributed by atoms with Gasteiger partial charge >= 0.3 is 0 Å². The van der Waals surface area contributed by atoms with Crippen LogP contribution in [0.2, 0.25) is 0 Å². The lowest BCUT2D eigenvalue weighted by Gasteiger charge is -2.32. The molecule has 0 amide bonds. The maximum atomic E-state index is 10.0. The van der Waals surface area contributed by atoms with Crippen LogP contribution in [0.4, 0.5) is 0 Å². The van der Waals surface area contributed by atoms with Gasteiger partial charge in [-0.3, -0.25) is 4.90 Å². The van der Waals surface area contributed by atoms with E-state index in [1.54, 1.807) is 4.90 Å². The van der Waals surface area contributed by atoms with E-state index in [9.17, 15) is 10.2 Å². The second-order valence-electron chi connectivity index (χ2n) is 4.56. The highest BCUT2D eigenvalue weighted by atomic mass is 79.9. The molecule has 0 aliphatic rings. The van der Waals surface area contributed by atoms with Gasteiger partial charge in [0.25, 0.3) is 0 Å². The third kappa shape index (κ3) is 9.28. The van der Waals surface area contributed by atoms with Crippen LogP contribution in [0, 0.1) is 0 Å². The minimum Gasteiger partial charge on any atom is -0.396 e. The van der Waals surface area contributed by atoms with E-state index in [4.69, 9.17) is 5.11 Å². The van der Waals surface area contributed by atoms with Crippen LogP contribution in [0.3, 0.4) is 0 Å². The highest BCUT2D eigenvalue weighted by Gasteiger charge is 2.21. The molecule has 5 heteroatoms. The van der Waals surface area contributed by atoms with Crippen molar-refractivity contribution in [2.45, 2.75) is 71.2 Å². The van der Waals surface area contributed by atoms with Crippen LogP contribution >= 0.6 is 17.0 Å². The first-order valence-corrected chi connectivity index (χ1v) is 6.90. The molecule has 0 saturated heterocycles. The maximum absolute atomic E-state index is 10.0. The van der Waals surface area contributed by atoms with Crippen LogP contribution in [0.25, 0.3) is 0 Å². The van der Waals surface area contributed by atoms with Gasteiger partial charge in [0.2, 0.25) is 0 Å². The summed E-state index contributed by atoms with van der Waals surface area (Å²) in [5.74, 6) is 0. The zero-order chi connectivity index (χ0) is 13.1. The van der Waals surface area contributed by atoms with E-state index >= 15 is 0 Å². The lowest BCUT2D eigenvalue weighted by molar-refractivity contribution is -0.110. The number of aliphatic hydroxyl groups is 3. The van der Waals surface area contributed by atoms with Gasteiger partial charge in [-0.05, 0) is 32.1 Å². The fourth-order valence-electron chi connectivity index (χ4n) is 1.86. The van der Waals surface area contributed by atoms with E-state index in [1.807, 2.05) is 0 Å². The summed E-state index contributed by atoms with van der Waals surface area (Å²) in [6.45, 7) is 4.81. The number of hydrogen-bond donors (Lipinski definition) is 3. The van der Waals surface area contributed by atoms with Crippen molar-refractivity contribution in [1.29, 1.82) is 0 Å². The Balaban J connectivity index is 0. The lowest BCUT2D eigenvalue weighted by Crippen LogP contribution is -2.44. The van der Waals surface area contributed by atoms with Gasteiger partial charge in [-0.1, -0.05) is 26.7 Å². The Hall–Kier alpha value is 0.320. The molecule has 3 N–H and O–H groups in total. The highest BCUT2D eigenvalue weighted by molar-refractivity contribution is 8.93. The van der Waals surface area contributed by atoms with Gasteiger partial charge in [0.1, 0.15) is 12.5 Å². The molecule has 18 heavy (non-hydrogen) atoms. The van der Waals surface area contributed by atoms with Crippen LogP contribution in [-0.2, 0) is 0 Å². The van der Waals surface area contributed by atoms with E-state index < -0.39 is 12.5 Å². The zero-order valence-corrected chi connectivity index (χ0v) is 13.4. The summed E-state index contributed by atoms with van der Waals surface area (Å²) < 4.78 is 0. The second kappa shape index (κ2) is 13.7. The molecule has 0 spiro atoms. The molecule has 0 aromatic carbocycles. The molecule has 0 saturated carbocycles. The summed E-state index contributed by atoms with van der Waals surface area (Å²) in [6, 6.07) is 0. The highest BCUT2D eigenvalue weighted by Crippen LogP contribution is 2.13. The molecule has 0 radical (unpaired) electrons. The molecule has 0 heterocycles. The van der Waals surface area contributed by atoms with Crippen molar-refractivity contribution in [2.75, 3.05) is 13.2 Å². The van der Waals surface area contributed by atoms with Crippen LogP contribution in [0.5, 0.6) is 0 Å². The molecule has 112 valence electrons. The predicted octanol–water partition coefficient (Wildman–Crippen LogP) is 2.27. The van der Waals surface area contributed by atoms with Gasteiger partial charge in [-0.25, -0.2) is 0 Å². The van der Waals surface area contributed by atoms with Gasteiger partial charge in [-0.15, -0.1) is 17.0 Å². The molecule has 0 aromatic rings. The van der Waals surface area contributed by atoms with Gasteiger partial charge < -0.3 is 15.3 Å². The van der Waals surface area contributed by atoms with Crippen molar-refractivity contribution in [3.63, 3.8) is 0 Å². The zero-order valence-electron chi connectivity index (χ0n) is 11.7. The van der Waals surface area contributed by atoms with Crippen molar-refractivity contribution in [1.82, 2.24) is 4.90 Å². The van der Waals surface area contributed by atoms with Gasteiger partial charge in [-0.2, -0.15) is 0 Å². The summed E-state index contributed by atoms with van der Waals surface area (Å²) in [4.78, 5) is 1.71. The summed E-state index contributed by atoms with van der Waals surface area (Å²) in [6.07, 6.45) is 4.77. The van der Waals surface area contributed by atoms with Crippen molar-refractivity contribution in [3.05, 3.63) is 0 Å². The Kier molecular flexibility index (Phi) is 15.8. The van der Waals surface area contributed by atoms with Crippen molar-refractivity contribution in [3.8, 4) is 0 Å². The smallest absolute Gasteiger partial charge is 0.109 e. The number of nitrogens with zero attached hydrogens (tertiary/aromatic N) is 1. The van der Waals surface area contributed by atoms with E-state index in [0.717, 1.165) is 25.7 Å². The summed E-state index contributed by atoms with van der Waals surface area (Å²) in [7, 11) is 0. The monoisotopic (exact) mass is 327 g/mol. The number of halogens is 1. The van der Waals surface area contributed by atoms with Crippen LogP contribution in [0.15, 0.2) is 0 Å². The van der Waals surface area contributed by atoms with Crippen molar-refractivity contribution < 1.29 is 15.3 Å². The quantitative estimate of drug-likeness (QED) is 0.509. The largest absolute Gasteiger partial charge is 0.396 e. The first kappa shape index (κ1) is 20.6. The SMILES string of the molecule is Br.CCCCC(O)N(CCCO)C(O)CCCC. The summed E-state index contributed by atoms with van der Waals surface area (Å²) in [5.41, 5.74) is 0. The molecule has 0 rings (SSSR count). The predicted molar refractivity (Wildman–Crippen MR) is 79.8 cm³/mol. The average Bonchev–Trinajstić information content (AvgIpc) is 2.34.